The molecule has 0 saturated carbocycles. The van der Waals surface area contributed by atoms with E-state index in [-0.39, 0.29) is 42.5 Å². The van der Waals surface area contributed by atoms with Gasteiger partial charge in [-0.25, -0.2) is 12.8 Å². The maximum atomic E-state index is 15.7. The van der Waals surface area contributed by atoms with Crippen molar-refractivity contribution in [3.8, 4) is 0 Å². The van der Waals surface area contributed by atoms with Crippen LogP contribution in [0.15, 0.2) is 47.4 Å². The molecule has 0 radical (unpaired) electrons. The number of halogens is 2. The highest BCUT2D eigenvalue weighted by Gasteiger charge is 2.47. The molecule has 0 unspecified atom stereocenters. The number of nitrogens with zero attached hydrogens (tertiary/aromatic N) is 2. The highest BCUT2D eigenvalue weighted by molar-refractivity contribution is 7.92. The Morgan fingerprint density at radius 2 is 1.66 bits per heavy atom. The van der Waals surface area contributed by atoms with Gasteiger partial charge in [0.2, 0.25) is 5.91 Å². The molecular weight excluding hydrogens is 491 g/mol. The lowest BCUT2D eigenvalue weighted by Gasteiger charge is -2.37. The first-order valence-electron chi connectivity index (χ1n) is 11.6. The third kappa shape index (κ3) is 5.71. The first kappa shape index (κ1) is 27.6. The molecule has 1 saturated heterocycles. The number of rotatable bonds is 7. The molecule has 3 rings (SSSR count). The standard InChI is InChI=1S/C26H34ClFN2O4S/c1-25(2,3)24(31)30(15-14-29(4)5)23-11-6-19(18-22(23)28)26(12-16-34-17-13-26)35(32,33)21-9-7-20(27)8-10-21/h6-11,18H,12-17H2,1-5H3. The minimum Gasteiger partial charge on any atom is -0.381 e. The summed E-state index contributed by atoms with van der Waals surface area (Å²) in [6, 6.07) is 10.5. The third-order valence-corrected chi connectivity index (χ3v) is 9.18. The number of hydrogen-bond acceptors (Lipinski definition) is 5. The number of sulfone groups is 1. The van der Waals surface area contributed by atoms with E-state index in [1.165, 1.54) is 41.3 Å². The number of amides is 1. The monoisotopic (exact) mass is 524 g/mol. The number of likely N-dealkylation sites (N-methyl/N-ethyl adjacent to an activating group) is 1. The van der Waals surface area contributed by atoms with Gasteiger partial charge in [0.1, 0.15) is 10.6 Å². The van der Waals surface area contributed by atoms with Gasteiger partial charge >= 0.3 is 0 Å². The summed E-state index contributed by atoms with van der Waals surface area (Å²) >= 11 is 5.97. The van der Waals surface area contributed by atoms with Crippen molar-refractivity contribution in [2.75, 3.05) is 45.3 Å². The Kier molecular flexibility index (Phi) is 8.31. The molecule has 1 aliphatic rings. The summed E-state index contributed by atoms with van der Waals surface area (Å²) in [7, 11) is -0.128. The molecule has 1 fully saturated rings. The summed E-state index contributed by atoms with van der Waals surface area (Å²) in [5, 5.41) is 0.432. The van der Waals surface area contributed by atoms with Crippen LogP contribution in [-0.2, 0) is 24.1 Å². The van der Waals surface area contributed by atoms with Crippen LogP contribution in [0.5, 0.6) is 0 Å². The molecule has 1 aliphatic heterocycles. The molecule has 0 N–H and O–H groups in total. The van der Waals surface area contributed by atoms with Gasteiger partial charge in [0.25, 0.3) is 0 Å². The molecule has 35 heavy (non-hydrogen) atoms. The number of carbonyl (C=O) groups excluding carboxylic acids is 1. The van der Waals surface area contributed by atoms with E-state index in [2.05, 4.69) is 0 Å². The lowest BCUT2D eigenvalue weighted by Crippen LogP contribution is -2.44. The SMILES string of the molecule is CN(C)CCN(C(=O)C(C)(C)C)c1ccc(C2(S(=O)(=O)c3ccc(Cl)cc3)CCOCC2)cc1F. The minimum atomic E-state index is -3.90. The van der Waals surface area contributed by atoms with Gasteiger partial charge in [0, 0.05) is 36.7 Å². The van der Waals surface area contributed by atoms with E-state index in [4.69, 9.17) is 16.3 Å². The summed E-state index contributed by atoms with van der Waals surface area (Å²) < 4.78 is 47.6. The van der Waals surface area contributed by atoms with Crippen molar-refractivity contribution >= 4 is 33.0 Å². The van der Waals surface area contributed by atoms with Crippen molar-refractivity contribution in [1.82, 2.24) is 4.90 Å². The minimum absolute atomic E-state index is 0.129. The van der Waals surface area contributed by atoms with Crippen LogP contribution < -0.4 is 4.90 Å². The highest BCUT2D eigenvalue weighted by atomic mass is 35.5. The maximum Gasteiger partial charge on any atom is 0.232 e. The maximum absolute atomic E-state index is 15.7. The van der Waals surface area contributed by atoms with Gasteiger partial charge in [-0.2, -0.15) is 0 Å². The van der Waals surface area contributed by atoms with Crippen molar-refractivity contribution in [3.05, 3.63) is 58.9 Å². The van der Waals surface area contributed by atoms with E-state index in [1.54, 1.807) is 26.8 Å². The second-order valence-corrected chi connectivity index (χ2v) is 12.9. The van der Waals surface area contributed by atoms with Crippen molar-refractivity contribution in [3.63, 3.8) is 0 Å². The van der Waals surface area contributed by atoms with Crippen molar-refractivity contribution in [1.29, 1.82) is 0 Å². The highest BCUT2D eigenvalue weighted by Crippen LogP contribution is 2.44. The molecule has 2 aromatic rings. The zero-order chi connectivity index (χ0) is 26.0. The van der Waals surface area contributed by atoms with Gasteiger partial charge in [-0.3, -0.25) is 4.79 Å². The molecule has 1 amide bonds. The Balaban J connectivity index is 2.09. The molecule has 0 spiro atoms. The largest absolute Gasteiger partial charge is 0.381 e. The van der Waals surface area contributed by atoms with E-state index in [9.17, 15) is 13.2 Å². The van der Waals surface area contributed by atoms with Gasteiger partial charge in [-0.15, -0.1) is 0 Å². The van der Waals surface area contributed by atoms with Crippen LogP contribution in [0, 0.1) is 11.2 Å². The first-order valence-corrected chi connectivity index (χ1v) is 13.5. The molecule has 192 valence electrons. The Labute approximate surface area is 212 Å². The van der Waals surface area contributed by atoms with E-state index in [0.717, 1.165) is 0 Å². The van der Waals surface area contributed by atoms with Crippen molar-refractivity contribution in [2.24, 2.45) is 5.41 Å². The second-order valence-electron chi connectivity index (χ2n) is 10.2. The molecule has 0 bridgehead atoms. The van der Waals surface area contributed by atoms with E-state index < -0.39 is 25.8 Å². The molecule has 2 aromatic carbocycles. The topological polar surface area (TPSA) is 66.9 Å². The molecule has 1 heterocycles. The van der Waals surface area contributed by atoms with E-state index in [0.29, 0.717) is 23.7 Å². The molecular formula is C26H34ClFN2O4S. The quantitative estimate of drug-likeness (QED) is 0.515. The Morgan fingerprint density at radius 1 is 1.06 bits per heavy atom. The first-order chi connectivity index (χ1) is 16.3. The summed E-state index contributed by atoms with van der Waals surface area (Å²) in [6.07, 6.45) is 0.393. The molecule has 9 heteroatoms. The fourth-order valence-corrected chi connectivity index (χ4v) is 6.51. The molecule has 6 nitrogen and oxygen atoms in total. The van der Waals surface area contributed by atoms with Crippen molar-refractivity contribution < 1.29 is 22.3 Å². The molecule has 0 aromatic heterocycles. The van der Waals surface area contributed by atoms with E-state index in [1.807, 2.05) is 19.0 Å². The van der Waals surface area contributed by atoms with Crippen molar-refractivity contribution in [2.45, 2.75) is 43.3 Å². The van der Waals surface area contributed by atoms with Crippen LogP contribution in [0.3, 0.4) is 0 Å². The summed E-state index contributed by atoms with van der Waals surface area (Å²) in [4.78, 5) is 16.7. The van der Waals surface area contributed by atoms with Crippen LogP contribution in [0.4, 0.5) is 10.1 Å². The van der Waals surface area contributed by atoms with Gasteiger partial charge in [-0.05, 0) is 68.9 Å². The Morgan fingerprint density at radius 3 is 2.17 bits per heavy atom. The number of anilines is 1. The lowest BCUT2D eigenvalue weighted by molar-refractivity contribution is -0.125. The smallest absolute Gasteiger partial charge is 0.232 e. The number of carbonyl (C=O) groups is 1. The third-order valence-electron chi connectivity index (χ3n) is 6.36. The Hall–Kier alpha value is -2.00. The number of hydrogen-bond donors (Lipinski definition) is 0. The zero-order valence-corrected chi connectivity index (χ0v) is 22.5. The van der Waals surface area contributed by atoms with Crippen LogP contribution in [0.25, 0.3) is 0 Å². The number of benzene rings is 2. The normalized spacial score (nSPS) is 16.3. The summed E-state index contributed by atoms with van der Waals surface area (Å²) in [5.74, 6) is -0.836. The van der Waals surface area contributed by atoms with Crippen LogP contribution in [-0.4, -0.2) is 59.6 Å². The summed E-state index contributed by atoms with van der Waals surface area (Å²) in [6.45, 7) is 6.72. The van der Waals surface area contributed by atoms with Gasteiger partial charge in [-0.1, -0.05) is 38.4 Å². The van der Waals surface area contributed by atoms with E-state index >= 15 is 4.39 Å². The molecule has 0 aliphatic carbocycles. The molecule has 0 atom stereocenters. The predicted molar refractivity (Wildman–Crippen MR) is 137 cm³/mol. The average molecular weight is 525 g/mol. The van der Waals surface area contributed by atoms with Crippen LogP contribution in [0.2, 0.25) is 5.02 Å². The van der Waals surface area contributed by atoms with Gasteiger partial charge in [0.05, 0.1) is 10.6 Å². The lowest BCUT2D eigenvalue weighted by atomic mass is 9.89. The zero-order valence-electron chi connectivity index (χ0n) is 21.0. The fraction of sp³-hybridized carbons (Fsp3) is 0.500. The summed E-state index contributed by atoms with van der Waals surface area (Å²) in [5.41, 5.74) is -0.216. The fourth-order valence-electron chi connectivity index (χ4n) is 4.30. The average Bonchev–Trinajstić information content (AvgIpc) is 2.79. The van der Waals surface area contributed by atoms with Gasteiger partial charge < -0.3 is 14.5 Å². The predicted octanol–water partition coefficient (Wildman–Crippen LogP) is 4.90. The van der Waals surface area contributed by atoms with Crippen LogP contribution in [0.1, 0.15) is 39.2 Å². The second kappa shape index (κ2) is 10.5. The Bertz CT molecular complexity index is 1150. The number of ether oxygens (including phenoxy) is 1. The van der Waals surface area contributed by atoms with Crippen LogP contribution >= 0.6 is 11.6 Å². The van der Waals surface area contributed by atoms with Gasteiger partial charge in [0.15, 0.2) is 9.84 Å².